The van der Waals surface area contributed by atoms with Gasteiger partial charge in [-0.25, -0.2) is 9.48 Å². The third kappa shape index (κ3) is 3.04. The van der Waals surface area contributed by atoms with Crippen molar-refractivity contribution in [3.63, 3.8) is 0 Å². The summed E-state index contributed by atoms with van der Waals surface area (Å²) in [5.74, 6) is -2.24. The molecule has 2 aliphatic heterocycles. The lowest BCUT2D eigenvalue weighted by atomic mass is 10.0. The fraction of sp³-hybridized carbons (Fsp3) is 0.208. The Morgan fingerprint density at radius 2 is 1.64 bits per heavy atom. The van der Waals surface area contributed by atoms with Gasteiger partial charge in [-0.05, 0) is 36.8 Å². The second-order valence-corrected chi connectivity index (χ2v) is 8.83. The summed E-state index contributed by atoms with van der Waals surface area (Å²) in [6.45, 7) is 0. The first-order valence-corrected chi connectivity index (χ1v) is 11.2. The van der Waals surface area contributed by atoms with Crippen molar-refractivity contribution in [2.45, 2.75) is 18.9 Å². The number of aryl methyl sites for hydroxylation is 2. The van der Waals surface area contributed by atoms with Gasteiger partial charge < -0.3 is 0 Å². The van der Waals surface area contributed by atoms with Gasteiger partial charge >= 0.3 is 5.69 Å². The molecule has 0 radical (unpaired) electrons. The number of aromatic nitrogens is 5. The number of benzene rings is 2. The molecule has 1 N–H and O–H groups in total. The van der Waals surface area contributed by atoms with E-state index < -0.39 is 29.7 Å². The number of hydrogen-bond donors (Lipinski definition) is 1. The first kappa shape index (κ1) is 21.6. The molecule has 4 amide bonds. The number of piperidine rings is 1. The standard InChI is InChI=1S/C24H19N7O5/c1-28-17-6-4-13(10-19(17)29(2)24(28)36)30-11-16(26-27-30)12-3-5-14-15(9-12)23(35)31(22(14)34)18-7-8-20(32)25-21(18)33/h3-6,9-11,18H,7-8H2,1-2H3,(H,25,32,33). The molecule has 12 nitrogen and oxygen atoms in total. The number of fused-ring (bicyclic) bond motifs is 2. The van der Waals surface area contributed by atoms with E-state index in [4.69, 9.17) is 0 Å². The van der Waals surface area contributed by atoms with Gasteiger partial charge in [0.15, 0.2) is 0 Å². The second-order valence-electron chi connectivity index (χ2n) is 8.83. The van der Waals surface area contributed by atoms with Crippen LogP contribution in [0.3, 0.4) is 0 Å². The molecular formula is C24H19N7O5. The van der Waals surface area contributed by atoms with Crippen LogP contribution in [0, 0.1) is 0 Å². The summed E-state index contributed by atoms with van der Waals surface area (Å²) in [4.78, 5) is 62.9. The molecule has 1 unspecified atom stereocenters. The maximum absolute atomic E-state index is 13.1. The van der Waals surface area contributed by atoms with Crippen LogP contribution in [0.15, 0.2) is 47.4 Å². The number of hydrogen-bond acceptors (Lipinski definition) is 7. The molecule has 6 rings (SSSR count). The van der Waals surface area contributed by atoms with Crippen molar-refractivity contribution in [1.82, 2.24) is 34.3 Å². The van der Waals surface area contributed by atoms with E-state index in [1.165, 1.54) is 6.07 Å². The van der Waals surface area contributed by atoms with Crippen molar-refractivity contribution >= 4 is 34.7 Å². The van der Waals surface area contributed by atoms with Crippen LogP contribution < -0.4 is 11.0 Å². The molecule has 2 aromatic heterocycles. The quantitative estimate of drug-likeness (QED) is 0.417. The average molecular weight is 485 g/mol. The number of imidazole rings is 1. The Bertz CT molecular complexity index is 1710. The predicted molar refractivity (Wildman–Crippen MR) is 125 cm³/mol. The molecule has 0 aliphatic carbocycles. The lowest BCUT2D eigenvalue weighted by Crippen LogP contribution is -2.54. The normalized spacial score (nSPS) is 17.7. The number of imide groups is 2. The van der Waals surface area contributed by atoms with E-state index in [1.54, 1.807) is 46.2 Å². The molecule has 0 saturated carbocycles. The van der Waals surface area contributed by atoms with Crippen LogP contribution in [-0.4, -0.2) is 58.7 Å². The Morgan fingerprint density at radius 1 is 0.889 bits per heavy atom. The zero-order valence-corrected chi connectivity index (χ0v) is 19.3. The smallest absolute Gasteiger partial charge is 0.295 e. The summed E-state index contributed by atoms with van der Waals surface area (Å²) in [5, 5.41) is 10.6. The van der Waals surface area contributed by atoms with Gasteiger partial charge in [0.2, 0.25) is 11.8 Å². The van der Waals surface area contributed by atoms with E-state index in [9.17, 15) is 24.0 Å². The van der Waals surface area contributed by atoms with Crippen LogP contribution in [0.1, 0.15) is 33.6 Å². The van der Waals surface area contributed by atoms with E-state index >= 15 is 0 Å². The number of nitrogens with zero attached hydrogens (tertiary/aromatic N) is 6. The summed E-state index contributed by atoms with van der Waals surface area (Å²) in [5.41, 5.74) is 3.48. The van der Waals surface area contributed by atoms with Crippen molar-refractivity contribution in [3.05, 3.63) is 64.2 Å². The Morgan fingerprint density at radius 3 is 2.42 bits per heavy atom. The largest absolute Gasteiger partial charge is 0.328 e. The fourth-order valence-electron chi connectivity index (χ4n) is 4.79. The van der Waals surface area contributed by atoms with Gasteiger partial charge in [-0.1, -0.05) is 11.3 Å². The van der Waals surface area contributed by atoms with Gasteiger partial charge in [0.1, 0.15) is 11.7 Å². The number of carbonyl (C=O) groups is 4. The molecule has 2 aliphatic rings. The maximum Gasteiger partial charge on any atom is 0.328 e. The minimum atomic E-state index is -1.02. The van der Waals surface area contributed by atoms with Crippen molar-refractivity contribution in [2.24, 2.45) is 14.1 Å². The fourth-order valence-corrected chi connectivity index (χ4v) is 4.79. The third-order valence-corrected chi connectivity index (χ3v) is 6.75. The highest BCUT2D eigenvalue weighted by Gasteiger charge is 2.44. The lowest BCUT2D eigenvalue weighted by Gasteiger charge is -2.27. The minimum Gasteiger partial charge on any atom is -0.295 e. The van der Waals surface area contributed by atoms with Gasteiger partial charge in [-0.15, -0.1) is 5.10 Å². The van der Waals surface area contributed by atoms with Crippen LogP contribution in [0.5, 0.6) is 0 Å². The molecule has 180 valence electrons. The number of carbonyl (C=O) groups excluding carboxylic acids is 4. The minimum absolute atomic E-state index is 0.0566. The van der Waals surface area contributed by atoms with Crippen LogP contribution in [0.25, 0.3) is 28.0 Å². The Balaban J connectivity index is 1.32. The molecule has 0 spiro atoms. The summed E-state index contributed by atoms with van der Waals surface area (Å²) in [6.07, 6.45) is 1.83. The first-order chi connectivity index (χ1) is 17.2. The molecule has 4 heterocycles. The summed E-state index contributed by atoms with van der Waals surface area (Å²) in [7, 11) is 3.40. The zero-order valence-electron chi connectivity index (χ0n) is 19.3. The van der Waals surface area contributed by atoms with Crippen molar-refractivity contribution < 1.29 is 19.2 Å². The SMILES string of the molecule is Cn1c(=O)n(C)c2cc(-n3cc(-c4ccc5c(c4)C(=O)N(C4CCC(=O)NC4=O)C5=O)nn3)ccc21. The van der Waals surface area contributed by atoms with Crippen molar-refractivity contribution in [3.8, 4) is 16.9 Å². The molecule has 1 saturated heterocycles. The number of rotatable bonds is 3. The summed E-state index contributed by atoms with van der Waals surface area (Å²) >= 11 is 0. The van der Waals surface area contributed by atoms with Gasteiger partial charge in [-0.3, -0.25) is 38.5 Å². The van der Waals surface area contributed by atoms with Gasteiger partial charge in [0.05, 0.1) is 34.0 Å². The monoisotopic (exact) mass is 485 g/mol. The van der Waals surface area contributed by atoms with E-state index in [0.717, 1.165) is 15.9 Å². The van der Waals surface area contributed by atoms with E-state index in [-0.39, 0.29) is 29.7 Å². The number of nitrogens with one attached hydrogen (secondary N) is 1. The van der Waals surface area contributed by atoms with Gasteiger partial charge in [0, 0.05) is 26.1 Å². The second kappa shape index (κ2) is 7.57. The average Bonchev–Trinajstić information content (AvgIpc) is 3.52. The molecule has 1 atom stereocenters. The van der Waals surface area contributed by atoms with E-state index in [0.29, 0.717) is 16.9 Å². The summed E-state index contributed by atoms with van der Waals surface area (Å²) in [6, 6.07) is 9.21. The molecule has 12 heteroatoms. The number of amides is 4. The van der Waals surface area contributed by atoms with Gasteiger partial charge in [0.25, 0.3) is 11.8 Å². The van der Waals surface area contributed by atoms with E-state index in [2.05, 4.69) is 15.6 Å². The molecule has 2 aromatic carbocycles. The topological polar surface area (TPSA) is 141 Å². The molecule has 36 heavy (non-hydrogen) atoms. The Kier molecular flexibility index (Phi) is 4.55. The van der Waals surface area contributed by atoms with Crippen LogP contribution in [0.2, 0.25) is 0 Å². The molecule has 4 aromatic rings. The highest BCUT2D eigenvalue weighted by Crippen LogP contribution is 2.31. The Hall–Kier alpha value is -4.87. The molecule has 1 fully saturated rings. The van der Waals surface area contributed by atoms with Crippen molar-refractivity contribution in [2.75, 3.05) is 0 Å². The summed E-state index contributed by atoms with van der Waals surface area (Å²) < 4.78 is 4.67. The molecule has 0 bridgehead atoms. The van der Waals surface area contributed by atoms with Crippen LogP contribution in [0.4, 0.5) is 0 Å². The highest BCUT2D eigenvalue weighted by atomic mass is 16.2. The van der Waals surface area contributed by atoms with Crippen LogP contribution in [-0.2, 0) is 23.7 Å². The van der Waals surface area contributed by atoms with Crippen LogP contribution >= 0.6 is 0 Å². The first-order valence-electron chi connectivity index (χ1n) is 11.2. The molecular weight excluding hydrogens is 466 g/mol. The van der Waals surface area contributed by atoms with E-state index in [1.807, 2.05) is 18.2 Å². The Labute approximate surface area is 202 Å². The predicted octanol–water partition coefficient (Wildman–Crippen LogP) is 0.526. The maximum atomic E-state index is 13.1. The van der Waals surface area contributed by atoms with Gasteiger partial charge in [-0.2, -0.15) is 0 Å². The zero-order chi connectivity index (χ0) is 25.3. The highest BCUT2D eigenvalue weighted by molar-refractivity contribution is 6.23. The van der Waals surface area contributed by atoms with Crippen molar-refractivity contribution in [1.29, 1.82) is 0 Å². The third-order valence-electron chi connectivity index (χ3n) is 6.75. The lowest BCUT2D eigenvalue weighted by molar-refractivity contribution is -0.136.